The van der Waals surface area contributed by atoms with Crippen molar-refractivity contribution in [2.45, 2.75) is 6.18 Å². The molecule has 0 aliphatic carbocycles. The Morgan fingerprint density at radius 3 is 2.45 bits per heavy atom. The molecule has 0 saturated heterocycles. The first-order valence-corrected chi connectivity index (χ1v) is 6.10. The second kappa shape index (κ2) is 5.58. The Kier molecular flexibility index (Phi) is 4.03. The number of rotatable bonds is 2. The third kappa shape index (κ3) is 3.32. The van der Waals surface area contributed by atoms with Crippen molar-refractivity contribution in [2.24, 2.45) is 0 Å². The highest BCUT2D eigenvalue weighted by molar-refractivity contribution is 9.10. The fourth-order valence-electron chi connectivity index (χ4n) is 1.51. The molecule has 0 atom stereocenters. The number of carbonyl (C=O) groups excluding carboxylic acids is 1. The molecule has 0 aliphatic rings. The minimum absolute atomic E-state index is 0.216. The lowest BCUT2D eigenvalue weighted by Gasteiger charge is -2.13. The number of aromatic nitrogens is 2. The lowest BCUT2D eigenvalue weighted by molar-refractivity contribution is -0.137. The first-order valence-electron chi connectivity index (χ1n) is 5.31. The summed E-state index contributed by atoms with van der Waals surface area (Å²) >= 11 is 2.95. The fourth-order valence-corrected chi connectivity index (χ4v) is 1.87. The topological polar surface area (TPSA) is 54.9 Å². The van der Waals surface area contributed by atoms with Gasteiger partial charge in [0.05, 0.1) is 29.2 Å². The van der Waals surface area contributed by atoms with E-state index in [1.807, 2.05) is 0 Å². The molecule has 0 bridgehead atoms. The van der Waals surface area contributed by atoms with E-state index in [0.29, 0.717) is 0 Å². The number of carbonyl (C=O) groups is 1. The Hall–Kier alpha value is -1.96. The van der Waals surface area contributed by atoms with Gasteiger partial charge < -0.3 is 5.32 Å². The quantitative estimate of drug-likeness (QED) is 0.906. The molecule has 0 unspecified atom stereocenters. The SMILES string of the molecule is O=C(Nc1cncnc1)c1ccc(Br)cc1C(F)(F)F. The van der Waals surface area contributed by atoms with Gasteiger partial charge in [0, 0.05) is 4.47 Å². The number of halogens is 4. The Balaban J connectivity index is 2.35. The monoisotopic (exact) mass is 345 g/mol. The first kappa shape index (κ1) is 14.4. The van der Waals surface area contributed by atoms with E-state index in [9.17, 15) is 18.0 Å². The molecule has 0 fully saturated rings. The van der Waals surface area contributed by atoms with Crippen molar-refractivity contribution in [3.8, 4) is 0 Å². The number of benzene rings is 1. The number of alkyl halides is 3. The zero-order chi connectivity index (χ0) is 14.8. The highest BCUT2D eigenvalue weighted by atomic mass is 79.9. The Bertz CT molecular complexity index is 632. The van der Waals surface area contributed by atoms with E-state index in [1.165, 1.54) is 24.8 Å². The summed E-state index contributed by atoms with van der Waals surface area (Å²) in [4.78, 5) is 19.2. The largest absolute Gasteiger partial charge is 0.417 e. The van der Waals surface area contributed by atoms with Gasteiger partial charge in [-0.2, -0.15) is 13.2 Å². The van der Waals surface area contributed by atoms with E-state index in [2.05, 4.69) is 31.2 Å². The molecule has 2 rings (SSSR count). The lowest BCUT2D eigenvalue weighted by atomic mass is 10.1. The fraction of sp³-hybridized carbons (Fsp3) is 0.0833. The van der Waals surface area contributed by atoms with Crippen LogP contribution < -0.4 is 5.32 Å². The van der Waals surface area contributed by atoms with Crippen LogP contribution in [0.2, 0.25) is 0 Å². The molecular weight excluding hydrogens is 339 g/mol. The molecule has 2 aromatic rings. The normalized spacial score (nSPS) is 11.2. The van der Waals surface area contributed by atoms with Crippen molar-refractivity contribution in [2.75, 3.05) is 5.32 Å². The van der Waals surface area contributed by atoms with Gasteiger partial charge in [-0.15, -0.1) is 0 Å². The third-order valence-corrected chi connectivity index (χ3v) is 2.84. The van der Waals surface area contributed by atoms with Gasteiger partial charge in [0.25, 0.3) is 5.91 Å². The molecule has 0 aliphatic heterocycles. The van der Waals surface area contributed by atoms with Crippen LogP contribution in [-0.4, -0.2) is 15.9 Å². The maximum atomic E-state index is 12.9. The Morgan fingerprint density at radius 1 is 1.20 bits per heavy atom. The number of hydrogen-bond acceptors (Lipinski definition) is 3. The summed E-state index contributed by atoms with van der Waals surface area (Å²) in [6.07, 6.45) is -0.798. The second-order valence-electron chi connectivity index (χ2n) is 3.77. The molecule has 1 amide bonds. The summed E-state index contributed by atoms with van der Waals surface area (Å²) in [5.41, 5.74) is -1.26. The smallest absolute Gasteiger partial charge is 0.319 e. The number of amides is 1. The lowest BCUT2D eigenvalue weighted by Crippen LogP contribution is -2.18. The average Bonchev–Trinajstić information content (AvgIpc) is 2.38. The highest BCUT2D eigenvalue weighted by Gasteiger charge is 2.35. The molecule has 104 valence electrons. The maximum Gasteiger partial charge on any atom is 0.417 e. The third-order valence-electron chi connectivity index (χ3n) is 2.35. The molecule has 4 nitrogen and oxygen atoms in total. The van der Waals surface area contributed by atoms with Crippen LogP contribution in [0.15, 0.2) is 41.4 Å². The van der Waals surface area contributed by atoms with Crippen molar-refractivity contribution in [1.29, 1.82) is 0 Å². The zero-order valence-electron chi connectivity index (χ0n) is 9.78. The van der Waals surface area contributed by atoms with Crippen molar-refractivity contribution in [3.05, 3.63) is 52.5 Å². The van der Waals surface area contributed by atoms with Crippen LogP contribution in [0.3, 0.4) is 0 Å². The predicted molar refractivity (Wildman–Crippen MR) is 69.1 cm³/mol. The Labute approximate surface area is 120 Å². The van der Waals surface area contributed by atoms with Crippen LogP contribution in [0, 0.1) is 0 Å². The summed E-state index contributed by atoms with van der Waals surface area (Å²) in [7, 11) is 0. The van der Waals surface area contributed by atoms with Gasteiger partial charge in [-0.25, -0.2) is 9.97 Å². The molecule has 1 aromatic carbocycles. The molecular formula is C12H7BrF3N3O. The van der Waals surface area contributed by atoms with E-state index < -0.39 is 23.2 Å². The van der Waals surface area contributed by atoms with Crippen LogP contribution in [0.25, 0.3) is 0 Å². The van der Waals surface area contributed by atoms with Crippen LogP contribution in [0.1, 0.15) is 15.9 Å². The predicted octanol–water partition coefficient (Wildman–Crippen LogP) is 3.51. The van der Waals surface area contributed by atoms with Crippen molar-refractivity contribution < 1.29 is 18.0 Å². The minimum atomic E-state index is -4.62. The van der Waals surface area contributed by atoms with Crippen molar-refractivity contribution >= 4 is 27.5 Å². The molecule has 1 N–H and O–H groups in total. The maximum absolute atomic E-state index is 12.9. The second-order valence-corrected chi connectivity index (χ2v) is 4.68. The standard InChI is InChI=1S/C12H7BrF3N3O/c13-7-1-2-9(10(3-7)12(14,15)16)11(20)19-8-4-17-6-18-5-8/h1-6H,(H,19,20). The highest BCUT2D eigenvalue weighted by Crippen LogP contribution is 2.34. The van der Waals surface area contributed by atoms with E-state index >= 15 is 0 Å². The molecule has 0 radical (unpaired) electrons. The van der Waals surface area contributed by atoms with E-state index in [4.69, 9.17) is 0 Å². The van der Waals surface area contributed by atoms with E-state index in [1.54, 1.807) is 0 Å². The summed E-state index contributed by atoms with van der Waals surface area (Å²) in [5.74, 6) is -0.875. The van der Waals surface area contributed by atoms with Gasteiger partial charge in [-0.1, -0.05) is 15.9 Å². The van der Waals surface area contributed by atoms with Gasteiger partial charge in [0.2, 0.25) is 0 Å². The summed E-state index contributed by atoms with van der Waals surface area (Å²) in [5, 5.41) is 2.31. The zero-order valence-corrected chi connectivity index (χ0v) is 11.4. The van der Waals surface area contributed by atoms with Crippen molar-refractivity contribution in [1.82, 2.24) is 9.97 Å². The molecule has 8 heteroatoms. The van der Waals surface area contributed by atoms with Crippen LogP contribution >= 0.6 is 15.9 Å². The summed E-state index contributed by atoms with van der Waals surface area (Å²) in [6.45, 7) is 0. The molecule has 0 saturated carbocycles. The molecule has 1 heterocycles. The van der Waals surface area contributed by atoms with Crippen LogP contribution in [0.4, 0.5) is 18.9 Å². The van der Waals surface area contributed by atoms with Crippen molar-refractivity contribution in [3.63, 3.8) is 0 Å². The number of hydrogen-bond donors (Lipinski definition) is 1. The molecule has 1 aromatic heterocycles. The Morgan fingerprint density at radius 2 is 1.85 bits per heavy atom. The number of nitrogens with zero attached hydrogens (tertiary/aromatic N) is 2. The number of anilines is 1. The first-order chi connectivity index (χ1) is 9.38. The molecule has 20 heavy (non-hydrogen) atoms. The number of nitrogens with one attached hydrogen (secondary N) is 1. The van der Waals surface area contributed by atoms with E-state index in [0.717, 1.165) is 12.1 Å². The van der Waals surface area contributed by atoms with Gasteiger partial charge in [0.1, 0.15) is 6.33 Å². The van der Waals surface area contributed by atoms with Gasteiger partial charge in [-0.3, -0.25) is 4.79 Å². The van der Waals surface area contributed by atoms with Gasteiger partial charge in [0.15, 0.2) is 0 Å². The molecule has 0 spiro atoms. The van der Waals surface area contributed by atoms with E-state index in [-0.39, 0.29) is 10.2 Å². The van der Waals surface area contributed by atoms with Gasteiger partial charge in [-0.05, 0) is 18.2 Å². The summed E-state index contributed by atoms with van der Waals surface area (Å²) < 4.78 is 38.9. The average molecular weight is 346 g/mol. The minimum Gasteiger partial charge on any atom is -0.319 e. The van der Waals surface area contributed by atoms with Crippen LogP contribution in [0.5, 0.6) is 0 Å². The van der Waals surface area contributed by atoms with Gasteiger partial charge >= 0.3 is 6.18 Å². The van der Waals surface area contributed by atoms with Crippen LogP contribution in [-0.2, 0) is 6.18 Å². The summed E-state index contributed by atoms with van der Waals surface area (Å²) in [6, 6.07) is 3.33.